The van der Waals surface area contributed by atoms with E-state index < -0.39 is 28.7 Å². The molecule has 0 aliphatic carbocycles. The van der Waals surface area contributed by atoms with E-state index in [1.165, 1.54) is 19.0 Å². The fraction of sp³-hybridized carbons (Fsp3) is 0.375. The van der Waals surface area contributed by atoms with Crippen LogP contribution in [0.25, 0.3) is 0 Å². The molecular weight excluding hydrogens is 536 g/mol. The molecule has 3 aromatic carbocycles. The molecule has 3 rings (SSSR count). The Kier molecular flexibility index (Phi) is 11.1. The zero-order valence-electron chi connectivity index (χ0n) is 24.9. The summed E-state index contributed by atoms with van der Waals surface area (Å²) in [5, 5.41) is 2.96. The van der Waals surface area contributed by atoms with Crippen LogP contribution in [0.3, 0.4) is 0 Å². The normalized spacial score (nSPS) is 12.2. The quantitative estimate of drug-likeness (QED) is 0.326. The molecule has 0 fully saturated rings. The summed E-state index contributed by atoms with van der Waals surface area (Å²) in [6.45, 7) is 7.80. The van der Waals surface area contributed by atoms with Crippen molar-refractivity contribution >= 4 is 27.7 Å². The molecular formula is C32H42N4O4S. The summed E-state index contributed by atoms with van der Waals surface area (Å²) in [7, 11) is -1.15. The number of rotatable bonds is 13. The zero-order valence-corrected chi connectivity index (χ0v) is 25.7. The Labute approximate surface area is 245 Å². The number of nitrogens with zero attached hydrogens (tertiary/aromatic N) is 3. The van der Waals surface area contributed by atoms with Crippen LogP contribution in [0.5, 0.6) is 0 Å². The van der Waals surface area contributed by atoms with Crippen LogP contribution in [0.4, 0.5) is 5.69 Å². The Morgan fingerprint density at radius 1 is 0.854 bits per heavy atom. The molecule has 8 nitrogen and oxygen atoms in total. The Bertz CT molecular complexity index is 1440. The molecule has 0 unspecified atom stereocenters. The molecule has 0 aliphatic rings. The van der Waals surface area contributed by atoms with E-state index in [-0.39, 0.29) is 18.9 Å². The van der Waals surface area contributed by atoms with Crippen molar-refractivity contribution in [2.45, 2.75) is 53.1 Å². The Balaban J connectivity index is 2.12. The van der Waals surface area contributed by atoms with E-state index in [2.05, 4.69) is 5.32 Å². The maximum Gasteiger partial charge on any atom is 0.304 e. The summed E-state index contributed by atoms with van der Waals surface area (Å²) >= 11 is 0. The first-order valence-electron chi connectivity index (χ1n) is 13.9. The van der Waals surface area contributed by atoms with Gasteiger partial charge in [-0.15, -0.1) is 0 Å². The number of carbonyl (C=O) groups is 2. The predicted molar refractivity (Wildman–Crippen MR) is 165 cm³/mol. The van der Waals surface area contributed by atoms with Gasteiger partial charge in [0.15, 0.2) is 0 Å². The van der Waals surface area contributed by atoms with Crippen molar-refractivity contribution in [3.63, 3.8) is 0 Å². The zero-order chi connectivity index (χ0) is 30.2. The Morgan fingerprint density at radius 2 is 1.51 bits per heavy atom. The van der Waals surface area contributed by atoms with Crippen LogP contribution >= 0.6 is 0 Å². The summed E-state index contributed by atoms with van der Waals surface area (Å²) in [4.78, 5) is 29.5. The van der Waals surface area contributed by atoms with Gasteiger partial charge in [-0.1, -0.05) is 79.2 Å². The van der Waals surface area contributed by atoms with Crippen molar-refractivity contribution in [1.29, 1.82) is 0 Å². The highest BCUT2D eigenvalue weighted by Gasteiger charge is 2.35. The minimum absolute atomic E-state index is 0.153. The number of hydrogen-bond donors (Lipinski definition) is 1. The van der Waals surface area contributed by atoms with Gasteiger partial charge < -0.3 is 10.2 Å². The molecule has 9 heteroatoms. The van der Waals surface area contributed by atoms with Crippen LogP contribution in [-0.2, 0) is 32.8 Å². The van der Waals surface area contributed by atoms with Crippen molar-refractivity contribution in [2.75, 3.05) is 31.5 Å². The van der Waals surface area contributed by atoms with Crippen LogP contribution in [0.2, 0.25) is 0 Å². The van der Waals surface area contributed by atoms with E-state index in [9.17, 15) is 18.0 Å². The molecule has 2 amide bonds. The summed E-state index contributed by atoms with van der Waals surface area (Å²) in [6, 6.07) is 22.0. The van der Waals surface area contributed by atoms with E-state index in [4.69, 9.17) is 0 Å². The van der Waals surface area contributed by atoms with Gasteiger partial charge >= 0.3 is 10.2 Å². The minimum atomic E-state index is -4.04. The third-order valence-corrected chi connectivity index (χ3v) is 8.71. The van der Waals surface area contributed by atoms with Crippen LogP contribution in [0.15, 0.2) is 72.8 Å². The minimum Gasteiger partial charge on any atom is -0.354 e. The third-order valence-electron chi connectivity index (χ3n) is 6.91. The Morgan fingerprint density at radius 3 is 2.15 bits per heavy atom. The number of amides is 2. The number of nitrogens with one attached hydrogen (secondary N) is 1. The maximum atomic E-state index is 14.3. The van der Waals surface area contributed by atoms with Crippen LogP contribution in [0, 0.1) is 20.8 Å². The molecule has 0 saturated heterocycles. The summed E-state index contributed by atoms with van der Waals surface area (Å²) in [6.07, 6.45) is 1.04. The van der Waals surface area contributed by atoms with Crippen molar-refractivity contribution in [3.05, 3.63) is 101 Å². The molecule has 0 bridgehead atoms. The highest BCUT2D eigenvalue weighted by atomic mass is 32.2. The van der Waals surface area contributed by atoms with E-state index in [1.54, 1.807) is 6.07 Å². The first-order chi connectivity index (χ1) is 19.4. The number of hydrogen-bond acceptors (Lipinski definition) is 4. The van der Waals surface area contributed by atoms with Crippen molar-refractivity contribution in [3.8, 4) is 0 Å². The summed E-state index contributed by atoms with van der Waals surface area (Å²) in [5.74, 6) is -0.740. The lowest BCUT2D eigenvalue weighted by Gasteiger charge is -2.35. The number of anilines is 1. The molecule has 0 aliphatic heterocycles. The smallest absolute Gasteiger partial charge is 0.304 e. The van der Waals surface area contributed by atoms with Crippen LogP contribution in [0.1, 0.15) is 41.2 Å². The highest BCUT2D eigenvalue weighted by Crippen LogP contribution is 2.26. The van der Waals surface area contributed by atoms with Crippen LogP contribution in [-0.4, -0.2) is 62.7 Å². The van der Waals surface area contributed by atoms with Crippen molar-refractivity contribution < 1.29 is 18.0 Å². The SMILES string of the molecule is CCCNC(=O)[C@@H](Cc1ccccc1)N(Cc1cccc(C)c1)C(=O)CN(c1cc(C)ccc1C)S(=O)(=O)N(C)C. The monoisotopic (exact) mass is 578 g/mol. The van der Waals surface area contributed by atoms with Gasteiger partial charge in [-0.3, -0.25) is 9.59 Å². The largest absolute Gasteiger partial charge is 0.354 e. The number of aryl methyl sites for hydroxylation is 3. The average molecular weight is 579 g/mol. The molecule has 220 valence electrons. The van der Waals surface area contributed by atoms with Gasteiger partial charge in [0.2, 0.25) is 11.8 Å². The first-order valence-corrected chi connectivity index (χ1v) is 15.3. The Hall–Kier alpha value is -3.69. The second-order valence-corrected chi connectivity index (χ2v) is 12.7. The highest BCUT2D eigenvalue weighted by molar-refractivity contribution is 7.90. The third kappa shape index (κ3) is 8.41. The predicted octanol–water partition coefficient (Wildman–Crippen LogP) is 4.39. The molecule has 1 atom stereocenters. The van der Waals surface area contributed by atoms with Gasteiger partial charge in [-0.05, 0) is 55.5 Å². The van der Waals surface area contributed by atoms with E-state index in [0.29, 0.717) is 12.2 Å². The molecule has 0 aromatic heterocycles. The number of benzene rings is 3. The summed E-state index contributed by atoms with van der Waals surface area (Å²) in [5.41, 5.74) is 4.80. The summed E-state index contributed by atoms with van der Waals surface area (Å²) < 4.78 is 29.4. The molecule has 3 aromatic rings. The lowest BCUT2D eigenvalue weighted by molar-refractivity contribution is -0.140. The van der Waals surface area contributed by atoms with E-state index in [1.807, 2.05) is 94.4 Å². The topological polar surface area (TPSA) is 90.0 Å². The molecule has 0 heterocycles. The molecule has 41 heavy (non-hydrogen) atoms. The van der Waals surface area contributed by atoms with Gasteiger partial charge in [0.05, 0.1) is 5.69 Å². The fourth-order valence-electron chi connectivity index (χ4n) is 4.62. The molecule has 0 spiro atoms. The lowest BCUT2D eigenvalue weighted by Crippen LogP contribution is -2.54. The van der Waals surface area contributed by atoms with Crippen molar-refractivity contribution in [1.82, 2.24) is 14.5 Å². The van der Waals surface area contributed by atoms with E-state index in [0.717, 1.165) is 42.8 Å². The molecule has 1 N–H and O–H groups in total. The fourth-order valence-corrected chi connectivity index (χ4v) is 5.73. The van der Waals surface area contributed by atoms with Gasteiger partial charge in [-0.25, -0.2) is 4.31 Å². The van der Waals surface area contributed by atoms with E-state index >= 15 is 0 Å². The van der Waals surface area contributed by atoms with Gasteiger partial charge in [-0.2, -0.15) is 12.7 Å². The van der Waals surface area contributed by atoms with Gasteiger partial charge in [0.25, 0.3) is 0 Å². The number of carbonyl (C=O) groups excluding carboxylic acids is 2. The second kappa shape index (κ2) is 14.3. The van der Waals surface area contributed by atoms with Gasteiger partial charge in [0.1, 0.15) is 12.6 Å². The first kappa shape index (κ1) is 31.8. The van der Waals surface area contributed by atoms with Crippen LogP contribution < -0.4 is 9.62 Å². The lowest BCUT2D eigenvalue weighted by atomic mass is 10.0. The maximum absolute atomic E-state index is 14.3. The molecule has 0 saturated carbocycles. The molecule has 0 radical (unpaired) electrons. The second-order valence-electron chi connectivity index (χ2n) is 10.6. The van der Waals surface area contributed by atoms with Crippen molar-refractivity contribution in [2.24, 2.45) is 0 Å². The standard InChI is InChI=1S/C32H42N4O4S/c1-7-18-33-32(38)30(21-27-13-9-8-10-14-27)35(22-28-15-11-12-24(2)19-28)31(37)23-36(41(39,40)34(5)6)29-20-25(3)16-17-26(29)4/h8-17,19-20,30H,7,18,21-23H2,1-6H3,(H,33,38)/t30-/m1/s1. The average Bonchev–Trinajstić information content (AvgIpc) is 2.94. The van der Waals surface area contributed by atoms with Gasteiger partial charge in [0, 0.05) is 33.6 Å².